The van der Waals surface area contributed by atoms with E-state index in [-0.39, 0.29) is 5.91 Å². The van der Waals surface area contributed by atoms with Crippen LogP contribution in [0.1, 0.15) is 35.5 Å². The Labute approximate surface area is 150 Å². The molecule has 1 amide bonds. The van der Waals surface area contributed by atoms with Gasteiger partial charge >= 0.3 is 0 Å². The number of anilines is 2. The van der Waals surface area contributed by atoms with Gasteiger partial charge in [0.25, 0.3) is 5.91 Å². The zero-order valence-corrected chi connectivity index (χ0v) is 15.6. The van der Waals surface area contributed by atoms with Crippen LogP contribution in [0.2, 0.25) is 0 Å². The molecule has 1 aromatic heterocycles. The highest BCUT2D eigenvalue weighted by atomic mass is 16.1. The molecule has 0 aliphatic carbocycles. The smallest absolute Gasteiger partial charge is 0.274 e. The van der Waals surface area contributed by atoms with Crippen molar-refractivity contribution in [3.63, 3.8) is 0 Å². The number of likely N-dealkylation sites (N-methyl/N-ethyl adjacent to an activating group) is 1. The highest BCUT2D eigenvalue weighted by Gasteiger charge is 2.12. The predicted octanol–water partition coefficient (Wildman–Crippen LogP) is 3.43. The van der Waals surface area contributed by atoms with Crippen LogP contribution < -0.4 is 10.6 Å². The van der Waals surface area contributed by atoms with E-state index in [4.69, 9.17) is 0 Å². The summed E-state index contributed by atoms with van der Waals surface area (Å²) in [6, 6.07) is 9.80. The number of aryl methyl sites for hydroxylation is 2. The zero-order valence-electron chi connectivity index (χ0n) is 15.6. The third-order valence-electron chi connectivity index (χ3n) is 4.12. The van der Waals surface area contributed by atoms with Crippen molar-refractivity contribution in [1.29, 1.82) is 0 Å². The molecule has 5 heteroatoms. The molecule has 5 nitrogen and oxygen atoms in total. The van der Waals surface area contributed by atoms with Gasteiger partial charge in [-0.15, -0.1) is 0 Å². The van der Waals surface area contributed by atoms with E-state index in [2.05, 4.69) is 46.5 Å². The Morgan fingerprint density at radius 2 is 1.76 bits per heavy atom. The molecule has 1 heterocycles. The third kappa shape index (κ3) is 5.29. The quantitative estimate of drug-likeness (QED) is 0.773. The molecule has 0 spiro atoms. The minimum atomic E-state index is -0.171. The topological polar surface area (TPSA) is 57.3 Å². The number of hydrogen-bond donors (Lipinski definition) is 2. The number of rotatable bonds is 8. The summed E-state index contributed by atoms with van der Waals surface area (Å²) in [5.74, 6) is -0.171. The number of hydrogen-bond acceptors (Lipinski definition) is 4. The Balaban J connectivity index is 2.06. The minimum Gasteiger partial charge on any atom is -0.383 e. The number of carbonyl (C=O) groups is 1. The molecule has 2 rings (SSSR count). The van der Waals surface area contributed by atoms with Crippen LogP contribution >= 0.6 is 0 Å². The fourth-order valence-electron chi connectivity index (χ4n) is 2.64. The van der Waals surface area contributed by atoms with E-state index in [0.717, 1.165) is 48.4 Å². The lowest BCUT2D eigenvalue weighted by atomic mass is 10.0. The van der Waals surface area contributed by atoms with Gasteiger partial charge in [0.15, 0.2) is 0 Å². The first kappa shape index (κ1) is 18.9. The van der Waals surface area contributed by atoms with E-state index < -0.39 is 0 Å². The molecule has 25 heavy (non-hydrogen) atoms. The van der Waals surface area contributed by atoms with Crippen LogP contribution in [-0.2, 0) is 12.8 Å². The van der Waals surface area contributed by atoms with E-state index in [9.17, 15) is 4.79 Å². The van der Waals surface area contributed by atoms with Crippen molar-refractivity contribution in [1.82, 2.24) is 9.88 Å². The van der Waals surface area contributed by atoms with Gasteiger partial charge in [0.2, 0.25) is 0 Å². The monoisotopic (exact) mass is 340 g/mol. The first-order valence-electron chi connectivity index (χ1n) is 8.81. The van der Waals surface area contributed by atoms with Gasteiger partial charge in [-0.3, -0.25) is 4.79 Å². The maximum absolute atomic E-state index is 12.6. The first-order valence-corrected chi connectivity index (χ1v) is 8.81. The molecule has 0 radical (unpaired) electrons. The van der Waals surface area contributed by atoms with Gasteiger partial charge in [-0.05, 0) is 50.2 Å². The lowest BCUT2D eigenvalue weighted by molar-refractivity contribution is 0.102. The molecule has 0 saturated heterocycles. The van der Waals surface area contributed by atoms with Gasteiger partial charge in [0, 0.05) is 18.8 Å². The second-order valence-electron chi connectivity index (χ2n) is 6.27. The fraction of sp³-hybridized carbons (Fsp3) is 0.400. The predicted molar refractivity (Wildman–Crippen MR) is 104 cm³/mol. The molecule has 0 bridgehead atoms. The van der Waals surface area contributed by atoms with Crippen LogP contribution in [0.4, 0.5) is 11.4 Å². The van der Waals surface area contributed by atoms with Crippen molar-refractivity contribution in [2.75, 3.05) is 37.8 Å². The van der Waals surface area contributed by atoms with Gasteiger partial charge < -0.3 is 15.5 Å². The summed E-state index contributed by atoms with van der Waals surface area (Å²) in [4.78, 5) is 19.0. The Morgan fingerprint density at radius 1 is 1.08 bits per heavy atom. The second-order valence-corrected chi connectivity index (χ2v) is 6.27. The van der Waals surface area contributed by atoms with Crippen LogP contribution in [0.3, 0.4) is 0 Å². The molecule has 0 fully saturated rings. The number of para-hydroxylation sites is 1. The number of amides is 1. The summed E-state index contributed by atoms with van der Waals surface area (Å²) in [5.41, 5.74) is 4.56. The summed E-state index contributed by atoms with van der Waals surface area (Å²) in [7, 11) is 4.07. The van der Waals surface area contributed by atoms with Crippen molar-refractivity contribution in [2.24, 2.45) is 0 Å². The SMILES string of the molecule is CCc1cccc(CC)c1NC(=O)c1ccc(NCCN(C)C)cn1. The Hall–Kier alpha value is -2.40. The van der Waals surface area contributed by atoms with Gasteiger partial charge in [0.05, 0.1) is 11.9 Å². The number of nitrogens with one attached hydrogen (secondary N) is 2. The number of pyridine rings is 1. The van der Waals surface area contributed by atoms with Gasteiger partial charge in [-0.1, -0.05) is 32.0 Å². The average molecular weight is 340 g/mol. The van der Waals surface area contributed by atoms with Gasteiger partial charge in [-0.25, -0.2) is 4.98 Å². The molecule has 134 valence electrons. The number of benzene rings is 1. The van der Waals surface area contributed by atoms with E-state index in [1.807, 2.05) is 26.2 Å². The molecular formula is C20H28N4O. The molecular weight excluding hydrogens is 312 g/mol. The van der Waals surface area contributed by atoms with E-state index in [0.29, 0.717) is 5.69 Å². The van der Waals surface area contributed by atoms with E-state index in [1.165, 1.54) is 0 Å². The maximum atomic E-state index is 12.6. The standard InChI is InChI=1S/C20H28N4O/c1-5-15-8-7-9-16(6-2)19(15)23-20(25)18-11-10-17(14-22-18)21-12-13-24(3)4/h7-11,14,21H,5-6,12-13H2,1-4H3,(H,23,25). The summed E-state index contributed by atoms with van der Waals surface area (Å²) < 4.78 is 0. The fourth-order valence-corrected chi connectivity index (χ4v) is 2.64. The van der Waals surface area contributed by atoms with Crippen molar-refractivity contribution in [3.8, 4) is 0 Å². The van der Waals surface area contributed by atoms with Crippen molar-refractivity contribution in [3.05, 3.63) is 53.3 Å². The van der Waals surface area contributed by atoms with Crippen molar-refractivity contribution in [2.45, 2.75) is 26.7 Å². The summed E-state index contributed by atoms with van der Waals surface area (Å²) in [6.45, 7) is 5.97. The van der Waals surface area contributed by atoms with Crippen LogP contribution in [-0.4, -0.2) is 43.0 Å². The van der Waals surface area contributed by atoms with Gasteiger partial charge in [0.1, 0.15) is 5.69 Å². The molecule has 0 aliphatic heterocycles. The number of nitrogens with zero attached hydrogens (tertiary/aromatic N) is 2. The summed E-state index contributed by atoms with van der Waals surface area (Å²) >= 11 is 0. The van der Waals surface area contributed by atoms with Gasteiger partial charge in [-0.2, -0.15) is 0 Å². The molecule has 2 aromatic rings. The third-order valence-corrected chi connectivity index (χ3v) is 4.12. The van der Waals surface area contributed by atoms with E-state index >= 15 is 0 Å². The highest BCUT2D eigenvalue weighted by Crippen LogP contribution is 2.23. The Kier molecular flexibility index (Phi) is 6.95. The van der Waals surface area contributed by atoms with E-state index in [1.54, 1.807) is 12.3 Å². The van der Waals surface area contributed by atoms with Crippen molar-refractivity contribution < 1.29 is 4.79 Å². The molecule has 0 unspecified atom stereocenters. The first-order chi connectivity index (χ1) is 12.0. The number of carbonyl (C=O) groups excluding carboxylic acids is 1. The molecule has 0 aliphatic rings. The van der Waals surface area contributed by atoms with Crippen LogP contribution in [0, 0.1) is 0 Å². The Bertz CT molecular complexity index is 673. The normalized spacial score (nSPS) is 10.8. The summed E-state index contributed by atoms with van der Waals surface area (Å²) in [6.07, 6.45) is 3.47. The molecule has 2 N–H and O–H groups in total. The minimum absolute atomic E-state index is 0.171. The van der Waals surface area contributed by atoms with Crippen molar-refractivity contribution >= 4 is 17.3 Å². The number of aromatic nitrogens is 1. The second kappa shape index (κ2) is 9.18. The zero-order chi connectivity index (χ0) is 18.2. The average Bonchev–Trinajstić information content (AvgIpc) is 2.62. The molecule has 1 aromatic carbocycles. The maximum Gasteiger partial charge on any atom is 0.274 e. The summed E-state index contributed by atoms with van der Waals surface area (Å²) in [5, 5.41) is 6.34. The lowest BCUT2D eigenvalue weighted by Gasteiger charge is -2.14. The molecule has 0 saturated carbocycles. The highest BCUT2D eigenvalue weighted by molar-refractivity contribution is 6.03. The van der Waals surface area contributed by atoms with Crippen LogP contribution in [0.5, 0.6) is 0 Å². The largest absolute Gasteiger partial charge is 0.383 e. The molecule has 0 atom stereocenters. The lowest BCUT2D eigenvalue weighted by Crippen LogP contribution is -2.21. The Morgan fingerprint density at radius 3 is 2.28 bits per heavy atom. The van der Waals surface area contributed by atoms with Crippen LogP contribution in [0.15, 0.2) is 36.5 Å². The van der Waals surface area contributed by atoms with Crippen LogP contribution in [0.25, 0.3) is 0 Å².